The highest BCUT2D eigenvalue weighted by molar-refractivity contribution is 7.09. The zero-order chi connectivity index (χ0) is 18.4. The van der Waals surface area contributed by atoms with E-state index >= 15 is 0 Å². The average Bonchev–Trinajstić information content (AvgIpc) is 3.03. The van der Waals surface area contributed by atoms with Crippen molar-refractivity contribution in [2.75, 3.05) is 13.9 Å². The summed E-state index contributed by atoms with van der Waals surface area (Å²) in [6.45, 7) is 0.622. The van der Waals surface area contributed by atoms with Crippen LogP contribution in [0.4, 0.5) is 0 Å². The van der Waals surface area contributed by atoms with E-state index in [0.717, 1.165) is 11.1 Å². The van der Waals surface area contributed by atoms with E-state index in [-0.39, 0.29) is 12.4 Å². The van der Waals surface area contributed by atoms with Crippen molar-refractivity contribution in [2.24, 2.45) is 5.16 Å². The third kappa shape index (κ3) is 4.19. The Bertz CT molecular complexity index is 930. The second-order valence-electron chi connectivity index (χ2n) is 5.48. The SMILES string of the molecule is COCOc1ccc(Cn2sc(/C(=N\O)c3ccccc3)cc2=O)cc1. The first-order chi connectivity index (χ1) is 12.7. The van der Waals surface area contributed by atoms with Crippen LogP contribution < -0.4 is 10.3 Å². The largest absolute Gasteiger partial charge is 0.468 e. The van der Waals surface area contributed by atoms with Crippen LogP contribution in [0.25, 0.3) is 0 Å². The summed E-state index contributed by atoms with van der Waals surface area (Å²) in [5.41, 5.74) is 1.96. The molecule has 7 heteroatoms. The molecule has 0 aliphatic carbocycles. The highest BCUT2D eigenvalue weighted by atomic mass is 32.1. The van der Waals surface area contributed by atoms with E-state index in [2.05, 4.69) is 5.16 Å². The normalized spacial score (nSPS) is 11.5. The van der Waals surface area contributed by atoms with Crippen LogP contribution in [0.5, 0.6) is 5.75 Å². The summed E-state index contributed by atoms with van der Waals surface area (Å²) < 4.78 is 11.8. The number of oxime groups is 1. The maximum atomic E-state index is 12.3. The van der Waals surface area contributed by atoms with Gasteiger partial charge in [0.1, 0.15) is 11.5 Å². The molecule has 0 saturated carbocycles. The Morgan fingerprint density at radius 3 is 2.54 bits per heavy atom. The van der Waals surface area contributed by atoms with Gasteiger partial charge in [-0.15, -0.1) is 0 Å². The van der Waals surface area contributed by atoms with Crippen LogP contribution in [0.1, 0.15) is 16.0 Å². The number of hydrogen-bond acceptors (Lipinski definition) is 6. The first-order valence-corrected chi connectivity index (χ1v) is 8.68. The molecular formula is C19H18N2O4S. The van der Waals surface area contributed by atoms with Crippen LogP contribution in [0, 0.1) is 0 Å². The average molecular weight is 370 g/mol. The standard InChI is InChI=1S/C19H18N2O4S/c1-24-13-25-16-9-7-14(8-10-16)12-21-18(22)11-17(26-21)19(20-23)15-5-3-2-4-6-15/h2-11,23H,12-13H2,1H3/b20-19-. The first kappa shape index (κ1) is 17.9. The molecule has 0 aliphatic heterocycles. The molecule has 0 atom stereocenters. The minimum atomic E-state index is -0.137. The predicted octanol–water partition coefficient (Wildman–Crippen LogP) is 3.17. The van der Waals surface area contributed by atoms with E-state index in [0.29, 0.717) is 22.9 Å². The Hall–Kier alpha value is -2.90. The zero-order valence-electron chi connectivity index (χ0n) is 14.2. The summed E-state index contributed by atoms with van der Waals surface area (Å²) in [4.78, 5) is 12.9. The molecule has 3 rings (SSSR count). The molecule has 0 saturated heterocycles. The highest BCUT2D eigenvalue weighted by Crippen LogP contribution is 2.17. The van der Waals surface area contributed by atoms with E-state index in [4.69, 9.17) is 9.47 Å². The van der Waals surface area contributed by atoms with Gasteiger partial charge in [-0.05, 0) is 17.7 Å². The van der Waals surface area contributed by atoms with E-state index in [1.807, 2.05) is 54.6 Å². The molecule has 26 heavy (non-hydrogen) atoms. The van der Waals surface area contributed by atoms with Crippen LogP contribution >= 0.6 is 11.5 Å². The molecule has 0 fully saturated rings. The van der Waals surface area contributed by atoms with Crippen molar-refractivity contribution < 1.29 is 14.7 Å². The molecule has 3 aromatic rings. The lowest BCUT2D eigenvalue weighted by atomic mass is 10.1. The van der Waals surface area contributed by atoms with Crippen LogP contribution in [0.15, 0.2) is 70.6 Å². The topological polar surface area (TPSA) is 73.1 Å². The number of benzene rings is 2. The third-order valence-corrected chi connectivity index (χ3v) is 4.72. The molecule has 0 bridgehead atoms. The van der Waals surface area contributed by atoms with Gasteiger partial charge in [0, 0.05) is 18.7 Å². The maximum Gasteiger partial charge on any atom is 0.261 e. The number of aromatic nitrogens is 1. The zero-order valence-corrected chi connectivity index (χ0v) is 15.0. The number of ether oxygens (including phenoxy) is 2. The van der Waals surface area contributed by atoms with Gasteiger partial charge in [-0.2, -0.15) is 0 Å². The van der Waals surface area contributed by atoms with Gasteiger partial charge in [0.15, 0.2) is 6.79 Å². The molecule has 134 valence electrons. The maximum absolute atomic E-state index is 12.3. The predicted molar refractivity (Wildman–Crippen MR) is 100 cm³/mol. The summed E-state index contributed by atoms with van der Waals surface area (Å²) in [5.74, 6) is 0.702. The smallest absolute Gasteiger partial charge is 0.261 e. The Labute approximate surface area is 154 Å². The second kappa shape index (κ2) is 8.46. The van der Waals surface area contributed by atoms with Gasteiger partial charge in [0.05, 0.1) is 11.4 Å². The third-order valence-electron chi connectivity index (χ3n) is 3.68. The van der Waals surface area contributed by atoms with Gasteiger partial charge in [0.2, 0.25) is 0 Å². The van der Waals surface area contributed by atoms with Crippen molar-refractivity contribution in [3.05, 3.63) is 87.0 Å². The Morgan fingerprint density at radius 2 is 1.88 bits per heavy atom. The van der Waals surface area contributed by atoms with Crippen LogP contribution in [0.2, 0.25) is 0 Å². The molecule has 0 amide bonds. The van der Waals surface area contributed by atoms with Gasteiger partial charge in [-0.25, -0.2) is 0 Å². The quantitative estimate of drug-likeness (QED) is 0.300. The molecule has 1 aromatic heterocycles. The van der Waals surface area contributed by atoms with Gasteiger partial charge in [0.25, 0.3) is 5.56 Å². The molecule has 0 aliphatic rings. The van der Waals surface area contributed by atoms with Crippen molar-refractivity contribution in [3.63, 3.8) is 0 Å². The van der Waals surface area contributed by atoms with Crippen LogP contribution in [-0.2, 0) is 11.3 Å². The fourth-order valence-corrected chi connectivity index (χ4v) is 3.42. The van der Waals surface area contributed by atoms with Gasteiger partial charge < -0.3 is 14.7 Å². The van der Waals surface area contributed by atoms with Crippen molar-refractivity contribution in [3.8, 4) is 5.75 Å². The van der Waals surface area contributed by atoms with E-state index < -0.39 is 0 Å². The number of methoxy groups -OCH3 is 1. The summed E-state index contributed by atoms with van der Waals surface area (Å²) in [7, 11) is 1.56. The Morgan fingerprint density at radius 1 is 1.15 bits per heavy atom. The van der Waals surface area contributed by atoms with Gasteiger partial charge in [-0.1, -0.05) is 59.2 Å². The molecule has 1 N–H and O–H groups in total. The van der Waals surface area contributed by atoms with Crippen molar-refractivity contribution in [2.45, 2.75) is 6.54 Å². The molecule has 0 unspecified atom stereocenters. The summed E-state index contributed by atoms with van der Waals surface area (Å²) in [5, 5.41) is 12.8. The van der Waals surface area contributed by atoms with Crippen LogP contribution in [-0.4, -0.2) is 28.8 Å². The van der Waals surface area contributed by atoms with E-state index in [1.54, 1.807) is 11.1 Å². The molecule has 0 spiro atoms. The summed E-state index contributed by atoms with van der Waals surface area (Å²) in [6.07, 6.45) is 0. The molecule has 6 nitrogen and oxygen atoms in total. The molecular weight excluding hydrogens is 352 g/mol. The second-order valence-corrected chi connectivity index (χ2v) is 6.55. The van der Waals surface area contributed by atoms with Gasteiger partial charge in [-0.3, -0.25) is 8.75 Å². The highest BCUT2D eigenvalue weighted by Gasteiger charge is 2.13. The number of nitrogens with zero attached hydrogens (tertiary/aromatic N) is 2. The van der Waals surface area contributed by atoms with E-state index in [1.165, 1.54) is 17.6 Å². The summed E-state index contributed by atoms with van der Waals surface area (Å²) in [6, 6.07) is 18.2. The van der Waals surface area contributed by atoms with Crippen molar-refractivity contribution >= 4 is 17.2 Å². The number of rotatable bonds is 7. The lowest BCUT2D eigenvalue weighted by Crippen LogP contribution is -2.12. The minimum absolute atomic E-state index is 0.137. The van der Waals surface area contributed by atoms with Crippen molar-refractivity contribution in [1.29, 1.82) is 0 Å². The van der Waals surface area contributed by atoms with Crippen molar-refractivity contribution in [1.82, 2.24) is 3.96 Å². The summed E-state index contributed by atoms with van der Waals surface area (Å²) >= 11 is 1.26. The fourth-order valence-electron chi connectivity index (χ4n) is 2.43. The van der Waals surface area contributed by atoms with Crippen LogP contribution in [0.3, 0.4) is 0 Å². The Balaban J connectivity index is 1.79. The lowest BCUT2D eigenvalue weighted by molar-refractivity contribution is 0.0511. The molecule has 2 aromatic carbocycles. The first-order valence-electron chi connectivity index (χ1n) is 7.91. The van der Waals surface area contributed by atoms with Gasteiger partial charge >= 0.3 is 0 Å². The fraction of sp³-hybridized carbons (Fsp3) is 0.158. The molecule has 1 heterocycles. The lowest BCUT2D eigenvalue weighted by Gasteiger charge is -2.06. The monoisotopic (exact) mass is 370 g/mol. The molecule has 0 radical (unpaired) electrons. The minimum Gasteiger partial charge on any atom is -0.468 e. The van der Waals surface area contributed by atoms with E-state index in [9.17, 15) is 10.0 Å². The number of hydrogen-bond donors (Lipinski definition) is 1. The Kier molecular flexibility index (Phi) is 5.83.